The van der Waals surface area contributed by atoms with Crippen LogP contribution in [0.2, 0.25) is 0 Å². The largest absolute Gasteiger partial charge is 0.756 e. The first-order valence-corrected chi connectivity index (χ1v) is 14.2. The van der Waals surface area contributed by atoms with Crippen molar-refractivity contribution >= 4 is 13.9 Å². The molecule has 0 heterocycles. The number of carbonyl (C=O) groups excluding carboxylic acids is 1. The summed E-state index contributed by atoms with van der Waals surface area (Å²) >= 11 is 0. The number of ether oxygens (including phenoxy) is 1. The minimum atomic E-state index is -4.56. The minimum Gasteiger partial charge on any atom is -0.756 e. The highest BCUT2D eigenvalue weighted by Gasteiger charge is 2.20. The topological polar surface area (TPSA) is 126 Å². The molecule has 34 heavy (non-hydrogen) atoms. The third-order valence-corrected chi connectivity index (χ3v) is 6.23. The van der Waals surface area contributed by atoms with Crippen LogP contribution in [0.3, 0.4) is 0 Å². The zero-order chi connectivity index (χ0) is 25.7. The van der Waals surface area contributed by atoms with Crippen LogP contribution in [0.4, 0.5) is 4.79 Å². The van der Waals surface area contributed by atoms with Crippen molar-refractivity contribution in [2.24, 2.45) is 0 Å². The van der Waals surface area contributed by atoms with E-state index in [0.717, 1.165) is 19.3 Å². The maximum Gasteiger partial charge on any atom is 0.407 e. The number of phosphoric ester groups is 1. The number of rotatable bonds is 23. The van der Waals surface area contributed by atoms with Crippen LogP contribution >= 0.6 is 7.82 Å². The number of carbonyl (C=O) groups is 1. The monoisotopic (exact) mass is 512 g/mol. The number of alkyl carbamates (subject to hydrolysis) is 1. The van der Waals surface area contributed by atoms with Gasteiger partial charge in [-0.1, -0.05) is 77.6 Å². The highest BCUT2D eigenvalue weighted by atomic mass is 31.2. The standard InChI is InChI=1S/C23H49N2O8P/c1-5-6-7-8-9-10-11-12-13-14-15-16-17-24-23(26)33-22(20-30-27)21-32-34(28,29)31-19-18-25(2,3)4/h22H,5-21H2,1-4H3,(H2-,24,26,27,28,29)/t22-/m1/s1. The van der Waals surface area contributed by atoms with Crippen LogP contribution < -0.4 is 10.2 Å². The zero-order valence-electron chi connectivity index (χ0n) is 21.8. The average Bonchev–Trinajstić information content (AvgIpc) is 2.74. The lowest BCUT2D eigenvalue weighted by Gasteiger charge is -2.28. The smallest absolute Gasteiger partial charge is 0.407 e. The molecule has 0 radical (unpaired) electrons. The number of amides is 1. The molecule has 0 saturated carbocycles. The number of hydrogen-bond donors (Lipinski definition) is 2. The molecule has 0 bridgehead atoms. The third kappa shape index (κ3) is 23.0. The molecule has 0 aliphatic rings. The van der Waals surface area contributed by atoms with E-state index in [0.29, 0.717) is 17.6 Å². The molecule has 0 spiro atoms. The van der Waals surface area contributed by atoms with Gasteiger partial charge in [-0.2, -0.15) is 0 Å². The van der Waals surface area contributed by atoms with Gasteiger partial charge in [-0.05, 0) is 6.42 Å². The van der Waals surface area contributed by atoms with Crippen LogP contribution in [0, 0.1) is 0 Å². The molecule has 0 saturated heterocycles. The van der Waals surface area contributed by atoms with Crippen LogP contribution in [0.15, 0.2) is 0 Å². The average molecular weight is 513 g/mol. The van der Waals surface area contributed by atoms with Gasteiger partial charge in [-0.3, -0.25) is 9.82 Å². The first-order chi connectivity index (χ1) is 16.1. The van der Waals surface area contributed by atoms with E-state index in [9.17, 15) is 14.3 Å². The number of likely N-dealkylation sites (N-methyl/N-ethyl adjacent to an activating group) is 1. The van der Waals surface area contributed by atoms with E-state index in [1.807, 2.05) is 21.1 Å². The minimum absolute atomic E-state index is 0.0359. The molecule has 11 heteroatoms. The normalized spacial score (nSPS) is 14.5. The highest BCUT2D eigenvalue weighted by Crippen LogP contribution is 2.38. The second-order valence-corrected chi connectivity index (χ2v) is 11.1. The lowest BCUT2D eigenvalue weighted by Crippen LogP contribution is -2.38. The number of phosphoric acid groups is 1. The number of quaternary nitrogens is 1. The molecule has 2 N–H and O–H groups in total. The van der Waals surface area contributed by atoms with Crippen LogP contribution in [-0.2, 0) is 23.2 Å². The van der Waals surface area contributed by atoms with Crippen molar-refractivity contribution in [2.75, 3.05) is 54.1 Å². The Morgan fingerprint density at radius 1 is 0.912 bits per heavy atom. The molecule has 10 nitrogen and oxygen atoms in total. The highest BCUT2D eigenvalue weighted by molar-refractivity contribution is 7.45. The van der Waals surface area contributed by atoms with E-state index < -0.39 is 33.2 Å². The van der Waals surface area contributed by atoms with E-state index in [1.165, 1.54) is 57.8 Å². The van der Waals surface area contributed by atoms with Gasteiger partial charge in [-0.15, -0.1) is 0 Å². The molecular weight excluding hydrogens is 463 g/mol. The number of nitrogens with one attached hydrogen (secondary N) is 1. The van der Waals surface area contributed by atoms with Gasteiger partial charge in [-0.25, -0.2) is 9.68 Å². The molecule has 204 valence electrons. The molecule has 1 amide bonds. The first kappa shape index (κ1) is 33.3. The molecule has 0 aliphatic carbocycles. The van der Waals surface area contributed by atoms with Crippen LogP contribution in [0.5, 0.6) is 0 Å². The van der Waals surface area contributed by atoms with E-state index >= 15 is 0 Å². The van der Waals surface area contributed by atoms with Gasteiger partial charge >= 0.3 is 6.09 Å². The SMILES string of the molecule is CCCCCCCCCCCCCCNC(=O)O[C@H](COO)COP(=O)([O-])OCC[N+](C)(C)C. The summed E-state index contributed by atoms with van der Waals surface area (Å²) in [5.41, 5.74) is 0. The van der Waals surface area contributed by atoms with Crippen molar-refractivity contribution in [3.05, 3.63) is 0 Å². The molecule has 0 rings (SSSR count). The van der Waals surface area contributed by atoms with Crippen molar-refractivity contribution in [3.63, 3.8) is 0 Å². The summed E-state index contributed by atoms with van der Waals surface area (Å²) in [4.78, 5) is 27.8. The molecule has 0 aliphatic heterocycles. The van der Waals surface area contributed by atoms with Gasteiger partial charge < -0.3 is 28.5 Å². The third-order valence-electron chi connectivity index (χ3n) is 5.26. The van der Waals surface area contributed by atoms with E-state index in [2.05, 4.69) is 17.1 Å². The number of hydrogen-bond acceptors (Lipinski definition) is 8. The summed E-state index contributed by atoms with van der Waals surface area (Å²) in [5.74, 6) is 0. The van der Waals surface area contributed by atoms with Crippen LogP contribution in [0.25, 0.3) is 0 Å². The van der Waals surface area contributed by atoms with Gasteiger partial charge in [0.2, 0.25) is 0 Å². The van der Waals surface area contributed by atoms with Crippen molar-refractivity contribution in [1.29, 1.82) is 0 Å². The first-order valence-electron chi connectivity index (χ1n) is 12.7. The fourth-order valence-corrected chi connectivity index (χ4v) is 3.92. The zero-order valence-corrected chi connectivity index (χ0v) is 22.7. The Morgan fingerprint density at radius 3 is 1.94 bits per heavy atom. The summed E-state index contributed by atoms with van der Waals surface area (Å²) in [5, 5.41) is 11.3. The van der Waals surface area contributed by atoms with Gasteiger partial charge in [0.05, 0.1) is 27.7 Å². The molecule has 0 aromatic rings. The summed E-state index contributed by atoms with van der Waals surface area (Å²) in [7, 11) is 1.14. The van der Waals surface area contributed by atoms with Crippen molar-refractivity contribution in [3.8, 4) is 0 Å². The number of nitrogens with zero attached hydrogens (tertiary/aromatic N) is 1. The molecule has 0 aromatic carbocycles. The maximum atomic E-state index is 11.9. The summed E-state index contributed by atoms with van der Waals surface area (Å²) in [6, 6.07) is 0. The summed E-state index contributed by atoms with van der Waals surface area (Å²) < 4.78 is 27.0. The van der Waals surface area contributed by atoms with Gasteiger partial charge in [0.25, 0.3) is 7.82 Å². The molecule has 0 fully saturated rings. The quantitative estimate of drug-likeness (QED) is 0.0675. The van der Waals surface area contributed by atoms with Crippen LogP contribution in [-0.4, -0.2) is 76.0 Å². The Morgan fingerprint density at radius 2 is 1.44 bits per heavy atom. The van der Waals surface area contributed by atoms with E-state index in [4.69, 9.17) is 19.0 Å². The van der Waals surface area contributed by atoms with Gasteiger partial charge in [0.15, 0.2) is 6.10 Å². The van der Waals surface area contributed by atoms with Crippen LogP contribution in [0.1, 0.15) is 84.0 Å². The molecule has 2 atom stereocenters. The molecule has 1 unspecified atom stereocenters. The van der Waals surface area contributed by atoms with E-state index in [1.54, 1.807) is 0 Å². The lowest BCUT2D eigenvalue weighted by atomic mass is 10.1. The Hall–Kier alpha value is -0.740. The number of unbranched alkanes of at least 4 members (excludes halogenated alkanes) is 11. The molecular formula is C23H49N2O8P. The Kier molecular flexibility index (Phi) is 20.0. The second kappa shape index (κ2) is 20.5. The maximum absolute atomic E-state index is 11.9. The predicted octanol–water partition coefficient (Wildman–Crippen LogP) is 4.48. The fraction of sp³-hybridized carbons (Fsp3) is 0.957. The predicted molar refractivity (Wildman–Crippen MR) is 130 cm³/mol. The van der Waals surface area contributed by atoms with Gasteiger partial charge in [0, 0.05) is 6.54 Å². The lowest BCUT2D eigenvalue weighted by molar-refractivity contribution is -0.870. The Labute approximate surface area is 206 Å². The Bertz CT molecular complexity index is 546. The summed E-state index contributed by atoms with van der Waals surface area (Å²) in [6.07, 6.45) is 12.9. The van der Waals surface area contributed by atoms with Crippen molar-refractivity contribution in [2.45, 2.75) is 90.1 Å². The van der Waals surface area contributed by atoms with Crippen molar-refractivity contribution < 1.29 is 42.7 Å². The second-order valence-electron chi connectivity index (χ2n) is 9.73. The van der Waals surface area contributed by atoms with Crippen molar-refractivity contribution in [1.82, 2.24) is 5.32 Å². The Balaban J connectivity index is 3.86. The summed E-state index contributed by atoms with van der Waals surface area (Å²) in [6.45, 7) is 2.18. The van der Waals surface area contributed by atoms with Gasteiger partial charge in [0.1, 0.15) is 19.8 Å². The fourth-order valence-electron chi connectivity index (χ4n) is 3.19. The molecule has 0 aromatic heterocycles. The van der Waals surface area contributed by atoms with E-state index in [-0.39, 0.29) is 6.61 Å².